The molecule has 2 nitrogen and oxygen atoms in total. The summed E-state index contributed by atoms with van der Waals surface area (Å²) in [5.41, 5.74) is 0. The average molecular weight is 372 g/mol. The molecule has 1 aromatic carbocycles. The highest BCUT2D eigenvalue weighted by atomic mass is 35.5. The van der Waals surface area contributed by atoms with Gasteiger partial charge in [0.2, 0.25) is 0 Å². The maximum Gasteiger partial charge on any atom is 0.120 e. The third-order valence-corrected chi connectivity index (χ3v) is 5.71. The van der Waals surface area contributed by atoms with Crippen molar-refractivity contribution in [3.05, 3.63) is 28.2 Å². The summed E-state index contributed by atoms with van der Waals surface area (Å²) >= 11 is 11.9. The molecular formula is C20H31Cl2NO. The predicted molar refractivity (Wildman–Crippen MR) is 104 cm³/mol. The summed E-state index contributed by atoms with van der Waals surface area (Å²) in [6, 6.07) is 5.47. The molecule has 4 heteroatoms. The third kappa shape index (κ3) is 7.21. The van der Waals surface area contributed by atoms with Crippen molar-refractivity contribution in [2.75, 3.05) is 26.2 Å². The Kier molecular flexibility index (Phi) is 9.30. The van der Waals surface area contributed by atoms with Gasteiger partial charge in [0.05, 0.1) is 16.7 Å². The van der Waals surface area contributed by atoms with Gasteiger partial charge in [-0.25, -0.2) is 0 Å². The number of hydrogen-bond donors (Lipinski definition) is 0. The minimum absolute atomic E-state index is 0.557. The molecule has 1 fully saturated rings. The van der Waals surface area contributed by atoms with Crippen molar-refractivity contribution in [1.29, 1.82) is 0 Å². The van der Waals surface area contributed by atoms with E-state index in [4.69, 9.17) is 27.9 Å². The monoisotopic (exact) mass is 371 g/mol. The van der Waals surface area contributed by atoms with Gasteiger partial charge < -0.3 is 9.64 Å². The predicted octanol–water partition coefficient (Wildman–Crippen LogP) is 6.44. The Morgan fingerprint density at radius 2 is 1.79 bits per heavy atom. The van der Waals surface area contributed by atoms with Crippen LogP contribution in [0.5, 0.6) is 5.75 Å². The maximum absolute atomic E-state index is 6.01. The number of rotatable bonds is 10. The minimum Gasteiger partial charge on any atom is -0.494 e. The van der Waals surface area contributed by atoms with E-state index in [0.717, 1.165) is 24.7 Å². The van der Waals surface area contributed by atoms with Crippen molar-refractivity contribution >= 4 is 23.2 Å². The van der Waals surface area contributed by atoms with E-state index in [-0.39, 0.29) is 0 Å². The van der Waals surface area contributed by atoms with Crippen LogP contribution >= 0.6 is 23.2 Å². The van der Waals surface area contributed by atoms with Crippen LogP contribution in [-0.2, 0) is 0 Å². The van der Waals surface area contributed by atoms with Crippen LogP contribution in [0.15, 0.2) is 18.2 Å². The molecular weight excluding hydrogens is 341 g/mol. The van der Waals surface area contributed by atoms with Gasteiger partial charge in [-0.15, -0.1) is 0 Å². The first-order valence-corrected chi connectivity index (χ1v) is 10.2. The first-order valence-electron chi connectivity index (χ1n) is 9.49. The third-order valence-electron chi connectivity index (χ3n) is 4.97. The summed E-state index contributed by atoms with van der Waals surface area (Å²) in [6.07, 6.45) is 10.6. The van der Waals surface area contributed by atoms with E-state index in [2.05, 4.69) is 11.8 Å². The molecule has 24 heavy (non-hydrogen) atoms. The zero-order valence-electron chi connectivity index (χ0n) is 14.9. The lowest BCUT2D eigenvalue weighted by molar-refractivity contribution is 0.161. The molecule has 0 bridgehead atoms. The number of benzene rings is 1. The van der Waals surface area contributed by atoms with Crippen molar-refractivity contribution in [1.82, 2.24) is 4.90 Å². The minimum atomic E-state index is 0.557. The van der Waals surface area contributed by atoms with E-state index in [1.165, 1.54) is 64.6 Å². The van der Waals surface area contributed by atoms with Crippen LogP contribution in [0, 0.1) is 5.92 Å². The Morgan fingerprint density at radius 1 is 1.04 bits per heavy atom. The van der Waals surface area contributed by atoms with Crippen molar-refractivity contribution in [2.24, 2.45) is 5.92 Å². The molecule has 1 aromatic rings. The Balaban J connectivity index is 1.55. The van der Waals surface area contributed by atoms with Gasteiger partial charge in [-0.05, 0) is 63.4 Å². The first kappa shape index (κ1) is 19.9. The lowest BCUT2D eigenvalue weighted by Crippen LogP contribution is -2.34. The number of likely N-dealkylation sites (tertiary alicyclic amines) is 1. The van der Waals surface area contributed by atoms with E-state index in [1.807, 2.05) is 6.07 Å². The number of halogens is 2. The Morgan fingerprint density at radius 3 is 2.50 bits per heavy atom. The zero-order chi connectivity index (χ0) is 17.2. The second-order valence-corrected chi connectivity index (χ2v) is 7.73. The maximum atomic E-state index is 6.01. The fraction of sp³-hybridized carbons (Fsp3) is 0.700. The molecule has 1 saturated heterocycles. The van der Waals surface area contributed by atoms with Gasteiger partial charge in [0.1, 0.15) is 5.75 Å². The second-order valence-electron chi connectivity index (χ2n) is 6.91. The number of nitrogens with zero attached hydrogens (tertiary/aromatic N) is 1. The number of piperidine rings is 1. The summed E-state index contributed by atoms with van der Waals surface area (Å²) in [5.74, 6) is 1.61. The van der Waals surface area contributed by atoms with E-state index in [9.17, 15) is 0 Å². The van der Waals surface area contributed by atoms with Crippen LogP contribution < -0.4 is 4.74 Å². The lowest BCUT2D eigenvalue weighted by Gasteiger charge is -2.32. The Labute approximate surface area is 157 Å². The molecule has 0 aliphatic carbocycles. The number of hydrogen-bond acceptors (Lipinski definition) is 2. The highest BCUT2D eigenvalue weighted by Crippen LogP contribution is 2.27. The lowest BCUT2D eigenvalue weighted by atomic mass is 9.94. The molecule has 0 saturated carbocycles. The highest BCUT2D eigenvalue weighted by Gasteiger charge is 2.18. The van der Waals surface area contributed by atoms with Gasteiger partial charge in [0.25, 0.3) is 0 Å². The van der Waals surface area contributed by atoms with Gasteiger partial charge in [-0.3, -0.25) is 0 Å². The van der Waals surface area contributed by atoms with Gasteiger partial charge in [0, 0.05) is 6.07 Å². The summed E-state index contributed by atoms with van der Waals surface area (Å²) in [7, 11) is 0. The average Bonchev–Trinajstić information content (AvgIpc) is 2.59. The SMILES string of the molecule is CCCCCCCN1CCC(CCOc2ccc(Cl)c(Cl)c2)CC1. The molecule has 0 aromatic heterocycles. The number of unbranched alkanes of at least 4 members (excludes halogenated alkanes) is 4. The first-order chi connectivity index (χ1) is 11.7. The van der Waals surface area contributed by atoms with Gasteiger partial charge >= 0.3 is 0 Å². The fourth-order valence-corrected chi connectivity index (χ4v) is 3.64. The molecule has 0 atom stereocenters. The highest BCUT2D eigenvalue weighted by molar-refractivity contribution is 6.42. The molecule has 1 aliphatic heterocycles. The molecule has 0 radical (unpaired) electrons. The van der Waals surface area contributed by atoms with E-state index < -0.39 is 0 Å². The summed E-state index contributed by atoms with van der Waals surface area (Å²) < 4.78 is 5.82. The normalized spacial score (nSPS) is 16.5. The largest absolute Gasteiger partial charge is 0.494 e. The fourth-order valence-electron chi connectivity index (χ4n) is 3.35. The Hall–Kier alpha value is -0.440. The Bertz CT molecular complexity index is 473. The molecule has 0 N–H and O–H groups in total. The standard InChI is InChI=1S/C20H31Cl2NO/c1-2-3-4-5-6-12-23-13-9-17(10-14-23)11-15-24-18-7-8-19(21)20(22)16-18/h7-8,16-17H,2-6,9-15H2,1H3. The smallest absolute Gasteiger partial charge is 0.120 e. The zero-order valence-corrected chi connectivity index (χ0v) is 16.4. The summed E-state index contributed by atoms with van der Waals surface area (Å²) in [4.78, 5) is 2.64. The molecule has 2 rings (SSSR count). The van der Waals surface area contributed by atoms with Crippen molar-refractivity contribution in [3.63, 3.8) is 0 Å². The van der Waals surface area contributed by atoms with Crippen molar-refractivity contribution < 1.29 is 4.74 Å². The van der Waals surface area contributed by atoms with Crippen LogP contribution in [-0.4, -0.2) is 31.1 Å². The molecule has 0 amide bonds. The van der Waals surface area contributed by atoms with Crippen LogP contribution in [0.4, 0.5) is 0 Å². The van der Waals surface area contributed by atoms with Crippen molar-refractivity contribution in [2.45, 2.75) is 58.3 Å². The van der Waals surface area contributed by atoms with Crippen molar-refractivity contribution in [3.8, 4) is 5.75 Å². The van der Waals surface area contributed by atoms with Gasteiger partial charge in [0.15, 0.2) is 0 Å². The van der Waals surface area contributed by atoms with E-state index in [0.29, 0.717) is 10.0 Å². The van der Waals surface area contributed by atoms with Crippen LogP contribution in [0.1, 0.15) is 58.3 Å². The molecule has 1 heterocycles. The second kappa shape index (κ2) is 11.2. The summed E-state index contributed by atoms with van der Waals surface area (Å²) in [6.45, 7) is 6.84. The van der Waals surface area contributed by atoms with Gasteiger partial charge in [-0.1, -0.05) is 55.8 Å². The van der Waals surface area contributed by atoms with Crippen LogP contribution in [0.25, 0.3) is 0 Å². The van der Waals surface area contributed by atoms with Gasteiger partial charge in [-0.2, -0.15) is 0 Å². The molecule has 0 spiro atoms. The van der Waals surface area contributed by atoms with Crippen LogP contribution in [0.3, 0.4) is 0 Å². The number of ether oxygens (including phenoxy) is 1. The topological polar surface area (TPSA) is 12.5 Å². The summed E-state index contributed by atoms with van der Waals surface area (Å²) in [5, 5.41) is 1.13. The molecule has 1 aliphatic rings. The van der Waals surface area contributed by atoms with Crippen LogP contribution in [0.2, 0.25) is 10.0 Å². The quantitative estimate of drug-likeness (QED) is 0.438. The van der Waals surface area contributed by atoms with E-state index >= 15 is 0 Å². The van der Waals surface area contributed by atoms with E-state index in [1.54, 1.807) is 12.1 Å². The molecule has 0 unspecified atom stereocenters. The molecule has 136 valence electrons.